The molecule has 1 fully saturated rings. The van der Waals surface area contributed by atoms with Crippen LogP contribution in [0.5, 0.6) is 0 Å². The standard InChI is InChI=1S/C15H20N4O/c1-11(2)13-9-14-15(16-6-8-19(14)17-13)18-7-4-3-5-12(18)10-20/h6,8-12H,3-5,7H2,1-2H3. The summed E-state index contributed by atoms with van der Waals surface area (Å²) >= 11 is 0. The molecular formula is C15H20N4O. The molecule has 1 saturated heterocycles. The summed E-state index contributed by atoms with van der Waals surface area (Å²) in [6, 6.07) is 2.03. The number of hydrogen-bond acceptors (Lipinski definition) is 4. The Kier molecular flexibility index (Phi) is 3.42. The first-order valence-electron chi connectivity index (χ1n) is 7.27. The zero-order valence-corrected chi connectivity index (χ0v) is 12.0. The summed E-state index contributed by atoms with van der Waals surface area (Å²) in [4.78, 5) is 17.9. The van der Waals surface area contributed by atoms with E-state index >= 15 is 0 Å². The smallest absolute Gasteiger partial charge is 0.155 e. The molecule has 0 radical (unpaired) electrons. The van der Waals surface area contributed by atoms with E-state index in [1.54, 1.807) is 6.20 Å². The lowest BCUT2D eigenvalue weighted by Gasteiger charge is -2.33. The molecule has 20 heavy (non-hydrogen) atoms. The summed E-state index contributed by atoms with van der Waals surface area (Å²) in [7, 11) is 0. The Labute approximate surface area is 118 Å². The predicted molar refractivity (Wildman–Crippen MR) is 78.1 cm³/mol. The summed E-state index contributed by atoms with van der Waals surface area (Å²) in [5.41, 5.74) is 2.05. The molecule has 1 aliphatic rings. The first-order valence-corrected chi connectivity index (χ1v) is 7.27. The number of carbonyl (C=O) groups excluding carboxylic acids is 1. The third-order valence-electron chi connectivity index (χ3n) is 3.96. The van der Waals surface area contributed by atoms with E-state index in [1.165, 1.54) is 0 Å². The van der Waals surface area contributed by atoms with E-state index in [1.807, 2.05) is 10.7 Å². The quantitative estimate of drug-likeness (QED) is 0.805. The molecule has 0 amide bonds. The number of carbonyl (C=O) groups is 1. The molecule has 0 aliphatic carbocycles. The van der Waals surface area contributed by atoms with Crippen LogP contribution in [-0.2, 0) is 4.79 Å². The third kappa shape index (κ3) is 2.17. The van der Waals surface area contributed by atoms with Gasteiger partial charge in [0.15, 0.2) is 5.82 Å². The van der Waals surface area contributed by atoms with Crippen molar-refractivity contribution in [1.82, 2.24) is 14.6 Å². The molecule has 0 saturated carbocycles. The van der Waals surface area contributed by atoms with Crippen LogP contribution in [0.15, 0.2) is 18.5 Å². The number of nitrogens with zero attached hydrogens (tertiary/aromatic N) is 4. The van der Waals surface area contributed by atoms with E-state index < -0.39 is 0 Å². The van der Waals surface area contributed by atoms with E-state index in [0.717, 1.165) is 49.1 Å². The Morgan fingerprint density at radius 3 is 3.00 bits per heavy atom. The van der Waals surface area contributed by atoms with Gasteiger partial charge in [-0.05, 0) is 31.2 Å². The molecule has 1 aliphatic heterocycles. The van der Waals surface area contributed by atoms with Crippen molar-refractivity contribution in [3.05, 3.63) is 24.2 Å². The SMILES string of the molecule is CC(C)c1cc2c(N3CCCCC3C=O)nccn2n1. The maximum absolute atomic E-state index is 11.3. The molecule has 0 aromatic carbocycles. The highest BCUT2D eigenvalue weighted by Gasteiger charge is 2.25. The molecule has 5 nitrogen and oxygen atoms in total. The highest BCUT2D eigenvalue weighted by molar-refractivity contribution is 5.74. The molecule has 2 aromatic rings. The number of piperidine rings is 1. The summed E-state index contributed by atoms with van der Waals surface area (Å²) in [5, 5.41) is 4.58. The predicted octanol–water partition coefficient (Wildman–Crippen LogP) is 2.41. The zero-order valence-electron chi connectivity index (χ0n) is 12.0. The van der Waals surface area contributed by atoms with Crippen LogP contribution in [0.25, 0.3) is 5.52 Å². The Hall–Kier alpha value is -1.91. The van der Waals surface area contributed by atoms with Crippen molar-refractivity contribution in [2.45, 2.75) is 45.1 Å². The van der Waals surface area contributed by atoms with Crippen molar-refractivity contribution in [2.75, 3.05) is 11.4 Å². The van der Waals surface area contributed by atoms with E-state index in [-0.39, 0.29) is 6.04 Å². The highest BCUT2D eigenvalue weighted by atomic mass is 16.1. The van der Waals surface area contributed by atoms with Gasteiger partial charge in [-0.2, -0.15) is 5.10 Å². The molecule has 0 spiro atoms. The molecule has 1 atom stereocenters. The molecule has 1 unspecified atom stereocenters. The Morgan fingerprint density at radius 1 is 1.40 bits per heavy atom. The third-order valence-corrected chi connectivity index (χ3v) is 3.96. The molecule has 3 heterocycles. The van der Waals surface area contributed by atoms with Crippen LogP contribution in [0.3, 0.4) is 0 Å². The van der Waals surface area contributed by atoms with Gasteiger partial charge >= 0.3 is 0 Å². The Balaban J connectivity index is 2.08. The maximum Gasteiger partial charge on any atom is 0.155 e. The van der Waals surface area contributed by atoms with Crippen LogP contribution in [-0.4, -0.2) is 33.5 Å². The fourth-order valence-corrected chi connectivity index (χ4v) is 2.79. The molecule has 106 valence electrons. The van der Waals surface area contributed by atoms with Crippen LogP contribution in [0, 0.1) is 0 Å². The van der Waals surface area contributed by atoms with Crippen LogP contribution < -0.4 is 4.90 Å². The number of fused-ring (bicyclic) bond motifs is 1. The van der Waals surface area contributed by atoms with E-state index in [2.05, 4.69) is 34.9 Å². The molecule has 0 bridgehead atoms. The fraction of sp³-hybridized carbons (Fsp3) is 0.533. The van der Waals surface area contributed by atoms with Crippen molar-refractivity contribution in [1.29, 1.82) is 0 Å². The van der Waals surface area contributed by atoms with Gasteiger partial charge in [-0.25, -0.2) is 9.50 Å². The first-order chi connectivity index (χ1) is 9.70. The van der Waals surface area contributed by atoms with Gasteiger partial charge in [-0.1, -0.05) is 13.8 Å². The van der Waals surface area contributed by atoms with Crippen molar-refractivity contribution in [3.63, 3.8) is 0 Å². The molecule has 2 aromatic heterocycles. The minimum Gasteiger partial charge on any atom is -0.345 e. The summed E-state index contributed by atoms with van der Waals surface area (Å²) in [5.74, 6) is 1.26. The zero-order chi connectivity index (χ0) is 14.1. The second-order valence-corrected chi connectivity index (χ2v) is 5.70. The maximum atomic E-state index is 11.3. The second kappa shape index (κ2) is 5.23. The largest absolute Gasteiger partial charge is 0.345 e. The van der Waals surface area contributed by atoms with Gasteiger partial charge in [0, 0.05) is 18.9 Å². The van der Waals surface area contributed by atoms with Crippen molar-refractivity contribution in [3.8, 4) is 0 Å². The van der Waals surface area contributed by atoms with E-state index in [4.69, 9.17) is 0 Å². The van der Waals surface area contributed by atoms with Crippen molar-refractivity contribution < 1.29 is 4.79 Å². The van der Waals surface area contributed by atoms with Gasteiger partial charge in [0.2, 0.25) is 0 Å². The van der Waals surface area contributed by atoms with Crippen LogP contribution in [0.2, 0.25) is 0 Å². The minimum atomic E-state index is -0.0557. The number of hydrogen-bond donors (Lipinski definition) is 0. The topological polar surface area (TPSA) is 50.5 Å². The van der Waals surface area contributed by atoms with E-state index in [9.17, 15) is 4.79 Å². The Morgan fingerprint density at radius 2 is 2.25 bits per heavy atom. The normalized spacial score (nSPS) is 19.8. The molecule has 5 heteroatoms. The van der Waals surface area contributed by atoms with Gasteiger partial charge in [0.05, 0.1) is 11.7 Å². The van der Waals surface area contributed by atoms with Gasteiger partial charge in [-0.3, -0.25) is 0 Å². The first kappa shape index (κ1) is 13.1. The number of aldehydes is 1. The number of anilines is 1. The Bertz CT molecular complexity index is 619. The minimum absolute atomic E-state index is 0.0557. The average Bonchev–Trinajstić information content (AvgIpc) is 2.91. The molecular weight excluding hydrogens is 252 g/mol. The van der Waals surface area contributed by atoms with Gasteiger partial charge in [0.25, 0.3) is 0 Å². The lowest BCUT2D eigenvalue weighted by atomic mass is 10.0. The van der Waals surface area contributed by atoms with Gasteiger partial charge in [-0.15, -0.1) is 0 Å². The second-order valence-electron chi connectivity index (χ2n) is 5.70. The lowest BCUT2D eigenvalue weighted by molar-refractivity contribution is -0.109. The average molecular weight is 272 g/mol. The van der Waals surface area contributed by atoms with E-state index in [0.29, 0.717) is 5.92 Å². The molecule has 0 N–H and O–H groups in total. The fourth-order valence-electron chi connectivity index (χ4n) is 2.79. The highest BCUT2D eigenvalue weighted by Crippen LogP contribution is 2.27. The monoisotopic (exact) mass is 272 g/mol. The number of aromatic nitrogens is 3. The van der Waals surface area contributed by atoms with Crippen molar-refractivity contribution >= 4 is 17.6 Å². The summed E-state index contributed by atoms with van der Waals surface area (Å²) in [6.07, 6.45) is 7.81. The van der Waals surface area contributed by atoms with Crippen LogP contribution >= 0.6 is 0 Å². The summed E-state index contributed by atoms with van der Waals surface area (Å²) < 4.78 is 1.87. The van der Waals surface area contributed by atoms with Gasteiger partial charge < -0.3 is 9.69 Å². The van der Waals surface area contributed by atoms with Crippen molar-refractivity contribution in [2.24, 2.45) is 0 Å². The van der Waals surface area contributed by atoms with Gasteiger partial charge in [0.1, 0.15) is 11.8 Å². The summed E-state index contributed by atoms with van der Waals surface area (Å²) in [6.45, 7) is 5.15. The lowest BCUT2D eigenvalue weighted by Crippen LogP contribution is -2.41. The molecule has 3 rings (SSSR count). The van der Waals surface area contributed by atoms with Crippen LogP contribution in [0.1, 0.15) is 44.7 Å². The number of rotatable bonds is 3. The van der Waals surface area contributed by atoms with Crippen LogP contribution in [0.4, 0.5) is 5.82 Å².